The van der Waals surface area contributed by atoms with Crippen molar-refractivity contribution in [2.24, 2.45) is 0 Å². The second-order valence-electron chi connectivity index (χ2n) is 6.39. The van der Waals surface area contributed by atoms with Crippen LogP contribution in [-0.4, -0.2) is 26.4 Å². The number of hydrogen-bond donors (Lipinski definition) is 1. The van der Waals surface area contributed by atoms with E-state index in [1.807, 2.05) is 35.8 Å². The maximum atomic E-state index is 12.3. The van der Waals surface area contributed by atoms with Crippen molar-refractivity contribution in [2.75, 3.05) is 11.1 Å². The van der Waals surface area contributed by atoms with Crippen molar-refractivity contribution in [1.82, 2.24) is 14.8 Å². The highest BCUT2D eigenvalue weighted by atomic mass is 35.5. The molecule has 0 bridgehead atoms. The summed E-state index contributed by atoms with van der Waals surface area (Å²) >= 11 is 13.4. The number of anilines is 1. The fourth-order valence-corrected chi connectivity index (χ4v) is 4.02. The fraction of sp³-hybridized carbons (Fsp3) is 0.286. The summed E-state index contributed by atoms with van der Waals surface area (Å²) in [5.74, 6) is 1.31. The van der Waals surface area contributed by atoms with E-state index in [0.29, 0.717) is 33.3 Å². The predicted molar refractivity (Wildman–Crippen MR) is 122 cm³/mol. The molecule has 0 saturated carbocycles. The molecule has 3 aromatic rings. The van der Waals surface area contributed by atoms with Gasteiger partial charge in [0.25, 0.3) is 0 Å². The summed E-state index contributed by atoms with van der Waals surface area (Å²) < 4.78 is 7.67. The van der Waals surface area contributed by atoms with E-state index in [9.17, 15) is 4.79 Å². The first-order valence-corrected chi connectivity index (χ1v) is 11.3. The van der Waals surface area contributed by atoms with Gasteiger partial charge < -0.3 is 14.6 Å². The zero-order valence-electron chi connectivity index (χ0n) is 16.7. The van der Waals surface area contributed by atoms with Crippen LogP contribution >= 0.6 is 35.0 Å². The van der Waals surface area contributed by atoms with Crippen molar-refractivity contribution in [3.63, 3.8) is 0 Å². The molecular weight excluding hydrogens is 443 g/mol. The third kappa shape index (κ3) is 5.90. The Morgan fingerprint density at radius 3 is 2.57 bits per heavy atom. The standard InChI is InChI=1S/C21H22Cl2N4O2S/c1-3-14-5-8-16(9-6-14)24-20(28)13-30-21-26-25-19(27(21)4-2)12-29-18-10-7-15(22)11-17(18)23/h5-11H,3-4,12-13H2,1-2H3,(H,24,28). The van der Waals surface area contributed by atoms with E-state index in [-0.39, 0.29) is 18.3 Å². The number of thioether (sulfide) groups is 1. The summed E-state index contributed by atoms with van der Waals surface area (Å²) in [5, 5.41) is 12.9. The molecule has 2 aromatic carbocycles. The summed E-state index contributed by atoms with van der Waals surface area (Å²) in [6, 6.07) is 12.9. The number of aromatic nitrogens is 3. The molecule has 1 N–H and O–H groups in total. The van der Waals surface area contributed by atoms with Gasteiger partial charge in [0.15, 0.2) is 11.0 Å². The van der Waals surface area contributed by atoms with Gasteiger partial charge in [-0.15, -0.1) is 10.2 Å². The summed E-state index contributed by atoms with van der Waals surface area (Å²) in [5.41, 5.74) is 2.01. The lowest BCUT2D eigenvalue weighted by Crippen LogP contribution is -2.15. The smallest absolute Gasteiger partial charge is 0.234 e. The number of nitrogens with zero attached hydrogens (tertiary/aromatic N) is 3. The highest BCUT2D eigenvalue weighted by Gasteiger charge is 2.14. The Hall–Kier alpha value is -2.22. The number of carbonyl (C=O) groups excluding carboxylic acids is 1. The second-order valence-corrected chi connectivity index (χ2v) is 8.18. The molecule has 0 saturated heterocycles. The van der Waals surface area contributed by atoms with Crippen LogP contribution in [-0.2, 0) is 24.4 Å². The second kappa shape index (κ2) is 10.7. The monoisotopic (exact) mass is 464 g/mol. The molecule has 9 heteroatoms. The minimum atomic E-state index is -0.0966. The number of aryl methyl sites for hydroxylation is 1. The van der Waals surface area contributed by atoms with E-state index in [1.165, 1.54) is 17.3 Å². The van der Waals surface area contributed by atoms with Gasteiger partial charge in [0.1, 0.15) is 12.4 Å². The van der Waals surface area contributed by atoms with E-state index >= 15 is 0 Å². The van der Waals surface area contributed by atoms with Crippen molar-refractivity contribution in [2.45, 2.75) is 38.6 Å². The van der Waals surface area contributed by atoms with Crippen molar-refractivity contribution in [3.05, 3.63) is 63.9 Å². The number of rotatable bonds is 9. The minimum absolute atomic E-state index is 0.0966. The Labute approximate surface area is 189 Å². The Balaban J connectivity index is 1.57. The SMILES string of the molecule is CCc1ccc(NC(=O)CSc2nnc(COc3ccc(Cl)cc3Cl)n2CC)cc1. The van der Waals surface area contributed by atoms with E-state index in [1.54, 1.807) is 18.2 Å². The molecule has 0 unspecified atom stereocenters. The summed E-state index contributed by atoms with van der Waals surface area (Å²) in [6.45, 7) is 4.94. The first kappa shape index (κ1) is 22.5. The van der Waals surface area contributed by atoms with Crippen LogP contribution in [0.1, 0.15) is 25.2 Å². The predicted octanol–water partition coefficient (Wildman–Crippen LogP) is 5.48. The molecule has 3 rings (SSSR count). The summed E-state index contributed by atoms with van der Waals surface area (Å²) in [6.07, 6.45) is 0.965. The van der Waals surface area contributed by atoms with Crippen LogP contribution in [0.15, 0.2) is 47.6 Å². The average molecular weight is 465 g/mol. The zero-order chi connectivity index (χ0) is 21.5. The van der Waals surface area contributed by atoms with E-state index in [2.05, 4.69) is 22.4 Å². The number of carbonyl (C=O) groups is 1. The molecule has 0 spiro atoms. The van der Waals surface area contributed by atoms with Gasteiger partial charge in [-0.3, -0.25) is 4.79 Å². The lowest BCUT2D eigenvalue weighted by atomic mass is 10.1. The molecule has 158 valence electrons. The van der Waals surface area contributed by atoms with Crippen LogP contribution in [0.25, 0.3) is 0 Å². The van der Waals surface area contributed by atoms with Crippen molar-refractivity contribution >= 4 is 46.6 Å². The number of nitrogens with one attached hydrogen (secondary N) is 1. The van der Waals surface area contributed by atoms with Crippen LogP contribution in [0.5, 0.6) is 5.75 Å². The van der Waals surface area contributed by atoms with E-state index in [4.69, 9.17) is 27.9 Å². The van der Waals surface area contributed by atoms with E-state index < -0.39 is 0 Å². The quantitative estimate of drug-likeness (QED) is 0.424. The topological polar surface area (TPSA) is 69.0 Å². The molecule has 0 aliphatic heterocycles. The third-order valence-electron chi connectivity index (χ3n) is 4.34. The fourth-order valence-electron chi connectivity index (χ4n) is 2.74. The lowest BCUT2D eigenvalue weighted by molar-refractivity contribution is -0.113. The first-order valence-electron chi connectivity index (χ1n) is 9.51. The van der Waals surface area contributed by atoms with Crippen LogP contribution in [0.2, 0.25) is 10.0 Å². The van der Waals surface area contributed by atoms with Gasteiger partial charge in [-0.25, -0.2) is 0 Å². The highest BCUT2D eigenvalue weighted by Crippen LogP contribution is 2.28. The maximum Gasteiger partial charge on any atom is 0.234 e. The number of benzene rings is 2. The van der Waals surface area contributed by atoms with Crippen LogP contribution in [0, 0.1) is 0 Å². The lowest BCUT2D eigenvalue weighted by Gasteiger charge is -2.10. The molecule has 30 heavy (non-hydrogen) atoms. The number of hydrogen-bond acceptors (Lipinski definition) is 5. The number of amides is 1. The van der Waals surface area contributed by atoms with Gasteiger partial charge in [-0.05, 0) is 49.2 Å². The Morgan fingerprint density at radius 2 is 1.90 bits per heavy atom. The summed E-state index contributed by atoms with van der Waals surface area (Å²) in [4.78, 5) is 12.3. The van der Waals surface area contributed by atoms with Gasteiger partial charge in [0.2, 0.25) is 5.91 Å². The maximum absolute atomic E-state index is 12.3. The van der Waals surface area contributed by atoms with Gasteiger partial charge in [-0.1, -0.05) is 54.0 Å². The normalized spacial score (nSPS) is 10.8. The Bertz CT molecular complexity index is 1010. The van der Waals surface area contributed by atoms with Gasteiger partial charge in [0, 0.05) is 17.3 Å². The summed E-state index contributed by atoms with van der Waals surface area (Å²) in [7, 11) is 0. The van der Waals surface area contributed by atoms with Gasteiger partial charge in [0.05, 0.1) is 10.8 Å². The van der Waals surface area contributed by atoms with Crippen LogP contribution < -0.4 is 10.1 Å². The zero-order valence-corrected chi connectivity index (χ0v) is 19.0. The average Bonchev–Trinajstić information content (AvgIpc) is 3.14. The third-order valence-corrected chi connectivity index (χ3v) is 5.84. The van der Waals surface area contributed by atoms with Crippen molar-refractivity contribution < 1.29 is 9.53 Å². The first-order chi connectivity index (χ1) is 14.5. The van der Waals surface area contributed by atoms with Crippen molar-refractivity contribution in [1.29, 1.82) is 0 Å². The molecule has 1 amide bonds. The molecule has 0 fully saturated rings. The molecule has 0 aliphatic rings. The molecule has 0 radical (unpaired) electrons. The van der Waals surface area contributed by atoms with E-state index in [0.717, 1.165) is 12.1 Å². The van der Waals surface area contributed by atoms with Crippen molar-refractivity contribution in [3.8, 4) is 5.75 Å². The van der Waals surface area contributed by atoms with Gasteiger partial charge in [-0.2, -0.15) is 0 Å². The van der Waals surface area contributed by atoms with Gasteiger partial charge >= 0.3 is 0 Å². The Morgan fingerprint density at radius 1 is 1.13 bits per heavy atom. The Kier molecular flexibility index (Phi) is 8.01. The largest absolute Gasteiger partial charge is 0.484 e. The molecule has 6 nitrogen and oxygen atoms in total. The number of halogens is 2. The van der Waals surface area contributed by atoms with Crippen LogP contribution in [0.3, 0.4) is 0 Å². The molecule has 1 aromatic heterocycles. The highest BCUT2D eigenvalue weighted by molar-refractivity contribution is 7.99. The number of ether oxygens (including phenoxy) is 1. The molecule has 0 atom stereocenters. The molecular formula is C21H22Cl2N4O2S. The minimum Gasteiger partial charge on any atom is -0.484 e. The molecule has 1 heterocycles. The van der Waals surface area contributed by atoms with Crippen LogP contribution in [0.4, 0.5) is 5.69 Å². The molecule has 0 aliphatic carbocycles.